The fourth-order valence-electron chi connectivity index (χ4n) is 5.08. The summed E-state index contributed by atoms with van der Waals surface area (Å²) in [6, 6.07) is 24.7. The molecule has 1 fully saturated rings. The summed E-state index contributed by atoms with van der Waals surface area (Å²) in [5.74, 6) is 0. The van der Waals surface area contributed by atoms with Crippen molar-refractivity contribution in [2.75, 3.05) is 22.9 Å². The van der Waals surface area contributed by atoms with E-state index < -0.39 is 13.5 Å². The van der Waals surface area contributed by atoms with Crippen LogP contribution in [0, 0.1) is 48.2 Å². The molecule has 0 aliphatic carbocycles. The molecule has 2 heterocycles. The summed E-state index contributed by atoms with van der Waals surface area (Å²) in [4.78, 5) is 8.41. The predicted octanol–water partition coefficient (Wildman–Crippen LogP) is 9.09. The zero-order chi connectivity index (χ0) is 29.1. The molecule has 0 atom stereocenters. The first kappa shape index (κ1) is 32.0. The van der Waals surface area contributed by atoms with Crippen molar-refractivity contribution in [2.45, 2.75) is 48.0 Å². The number of hydrogen-bond acceptors (Lipinski definition) is 3. The molecule has 40 heavy (non-hydrogen) atoms. The Morgan fingerprint density at radius 3 is 1.45 bits per heavy atom. The van der Waals surface area contributed by atoms with Gasteiger partial charge in [-0.25, -0.2) is 0 Å². The third-order valence-corrected chi connectivity index (χ3v) is 8.25. The van der Waals surface area contributed by atoms with Gasteiger partial charge in [0.25, 0.3) is 0 Å². The third-order valence-electron chi connectivity index (χ3n) is 6.38. The topological polar surface area (TPSA) is 19.4 Å². The molecular weight excluding hydrogens is 622 g/mol. The fraction of sp³-hybridized carbons (Fsp3) is 0.265. The van der Waals surface area contributed by atoms with Gasteiger partial charge in [-0.15, -0.1) is 0 Å². The number of nitrogens with zero attached hydrogens (tertiary/aromatic N) is 3. The predicted molar refractivity (Wildman–Crippen MR) is 171 cm³/mol. The van der Waals surface area contributed by atoms with Crippen LogP contribution in [-0.2, 0) is 13.5 Å². The molecule has 0 unspecified atom stereocenters. The van der Waals surface area contributed by atoms with E-state index in [9.17, 15) is 0 Å². The summed E-state index contributed by atoms with van der Waals surface area (Å²) in [6.45, 7) is 18.9. The first-order chi connectivity index (χ1) is 19.2. The monoisotopic (exact) mass is 661 g/mol. The minimum Gasteiger partial charge on any atom is -0.265 e. The van der Waals surface area contributed by atoms with Crippen LogP contribution >= 0.6 is 19.4 Å². The minimum absolute atomic E-state index is 1.03. The smallest absolute Gasteiger partial charge is 0.0267 e. The maximum atomic E-state index is 5.67. The number of rotatable bonds is 3. The van der Waals surface area contributed by atoms with Crippen LogP contribution in [0.3, 0.4) is 0 Å². The summed E-state index contributed by atoms with van der Waals surface area (Å²) >= 11 is -1.61. The van der Waals surface area contributed by atoms with Crippen LogP contribution in [0.15, 0.2) is 85.2 Å². The number of hydrogen-bond donors (Lipinski definition) is 0. The molecule has 5 rings (SSSR count). The average molecular weight is 662 g/mol. The van der Waals surface area contributed by atoms with E-state index >= 15 is 0 Å². The Morgan fingerprint density at radius 2 is 1.10 bits per heavy atom. The Hall–Kier alpha value is -2.52. The standard InChI is InChI=1S/C22H28N2.C7H6.C5H5N.2ClH.Ru/c1-15-10-17(3)21(18(4)11-15)23-8-7-9-24(14-23)22-19(5)12-16(2)13-20(22)6;1-7-5-3-2-4-6-7;1-2-4-6-5-3-1;;;/h10-13H,7-9H2,1-6H3;1-6H;1-5H;2*1H;/q;;;;;+2/p-2. The molecule has 1 aliphatic rings. The number of aryl methyl sites for hydroxylation is 6. The van der Waals surface area contributed by atoms with E-state index in [1.807, 2.05) is 53.1 Å². The van der Waals surface area contributed by atoms with Gasteiger partial charge < -0.3 is 9.80 Å². The molecule has 0 spiro atoms. The molecule has 6 heteroatoms. The molecule has 4 aromatic rings. The zero-order valence-corrected chi connectivity index (χ0v) is 27.5. The van der Waals surface area contributed by atoms with E-state index in [2.05, 4.69) is 87.3 Å². The van der Waals surface area contributed by atoms with Gasteiger partial charge in [0.15, 0.2) is 0 Å². The van der Waals surface area contributed by atoms with E-state index in [4.69, 9.17) is 19.4 Å². The van der Waals surface area contributed by atoms with Gasteiger partial charge >= 0.3 is 73.4 Å². The maximum absolute atomic E-state index is 5.67. The van der Waals surface area contributed by atoms with Crippen molar-refractivity contribution < 1.29 is 13.5 Å². The second-order valence-corrected chi connectivity index (χ2v) is 15.7. The second-order valence-electron chi connectivity index (χ2n) is 9.99. The molecule has 2 radical (unpaired) electrons. The zero-order valence-electron chi connectivity index (χ0n) is 24.2. The van der Waals surface area contributed by atoms with E-state index in [0.717, 1.165) is 25.1 Å². The third kappa shape index (κ3) is 9.84. The summed E-state index contributed by atoms with van der Waals surface area (Å²) in [6.07, 6.45) is 4.65. The van der Waals surface area contributed by atoms with Gasteiger partial charge in [0, 0.05) is 36.9 Å². The van der Waals surface area contributed by atoms with Gasteiger partial charge in [0.05, 0.1) is 0 Å². The van der Waals surface area contributed by atoms with Gasteiger partial charge in [-0.2, -0.15) is 0 Å². The summed E-state index contributed by atoms with van der Waals surface area (Å²) < 4.78 is 1.92. The Balaban J connectivity index is 0.000000224. The van der Waals surface area contributed by atoms with Crippen LogP contribution in [-0.4, -0.2) is 22.7 Å². The van der Waals surface area contributed by atoms with Crippen LogP contribution in [0.25, 0.3) is 0 Å². The number of aromatic nitrogens is 1. The van der Waals surface area contributed by atoms with Gasteiger partial charge in [-0.1, -0.05) is 41.5 Å². The van der Waals surface area contributed by atoms with Crippen LogP contribution in [0.4, 0.5) is 11.4 Å². The molecular formula is C34H39Cl2N3Ru. The first-order valence-electron chi connectivity index (χ1n) is 13.4. The van der Waals surface area contributed by atoms with Crippen molar-refractivity contribution >= 4 is 35.4 Å². The SMILES string of the molecule is Cc1cc(C)c(N2[C]N(c3c(C)cc(C)cc3C)CCC2)c(C)c1.[Cl][Ru]([Cl])=[CH]c1ccccc1.c1ccncc1. The minimum atomic E-state index is -1.61. The molecule has 1 saturated heterocycles. The molecule has 3 aromatic carbocycles. The number of pyridine rings is 1. The van der Waals surface area contributed by atoms with Gasteiger partial charge in [-0.3, -0.25) is 4.98 Å². The van der Waals surface area contributed by atoms with Crippen molar-refractivity contribution in [1.29, 1.82) is 0 Å². The largest absolute Gasteiger partial charge is 0.265 e. The molecule has 3 nitrogen and oxygen atoms in total. The maximum Gasteiger partial charge on any atom is 0.0267 e. The molecule has 212 valence electrons. The van der Waals surface area contributed by atoms with Crippen LogP contribution in [0.2, 0.25) is 0 Å². The van der Waals surface area contributed by atoms with Crippen LogP contribution in [0.1, 0.15) is 45.4 Å². The van der Waals surface area contributed by atoms with Gasteiger partial charge in [0.1, 0.15) is 0 Å². The fourth-order valence-corrected chi connectivity index (χ4v) is 6.90. The van der Waals surface area contributed by atoms with Crippen LogP contribution in [0.5, 0.6) is 0 Å². The van der Waals surface area contributed by atoms with Gasteiger partial charge in [-0.05, 0) is 82.3 Å². The Labute approximate surface area is 254 Å². The normalized spacial score (nSPS) is 12.9. The summed E-state index contributed by atoms with van der Waals surface area (Å²) in [7, 11) is 11.3. The molecule has 0 amide bonds. The number of anilines is 2. The summed E-state index contributed by atoms with van der Waals surface area (Å²) in [5, 5.41) is 0. The van der Waals surface area contributed by atoms with E-state index in [-0.39, 0.29) is 0 Å². The summed E-state index contributed by atoms with van der Waals surface area (Å²) in [5.41, 5.74) is 11.7. The number of benzene rings is 3. The van der Waals surface area contributed by atoms with Crippen LogP contribution < -0.4 is 9.80 Å². The van der Waals surface area contributed by atoms with E-state index in [1.165, 1.54) is 44.8 Å². The Morgan fingerprint density at radius 1 is 0.675 bits per heavy atom. The quantitative estimate of drug-likeness (QED) is 0.204. The van der Waals surface area contributed by atoms with Crippen molar-refractivity contribution in [3.05, 3.63) is 131 Å². The molecule has 0 N–H and O–H groups in total. The van der Waals surface area contributed by atoms with Crippen molar-refractivity contribution in [1.82, 2.24) is 4.98 Å². The molecule has 0 bridgehead atoms. The van der Waals surface area contributed by atoms with E-state index in [1.54, 1.807) is 12.4 Å². The second kappa shape index (κ2) is 16.1. The molecule has 0 saturated carbocycles. The van der Waals surface area contributed by atoms with E-state index in [0.29, 0.717) is 0 Å². The first-order valence-corrected chi connectivity index (χ1v) is 18.8. The number of halogens is 2. The molecule has 1 aliphatic heterocycles. The van der Waals surface area contributed by atoms with Crippen molar-refractivity contribution in [3.63, 3.8) is 0 Å². The average Bonchev–Trinajstić information content (AvgIpc) is 2.90. The van der Waals surface area contributed by atoms with Gasteiger partial charge in [0.2, 0.25) is 6.67 Å². The molecule has 1 aromatic heterocycles. The Kier molecular flexibility index (Phi) is 12.8. The van der Waals surface area contributed by atoms with Crippen molar-refractivity contribution in [3.8, 4) is 0 Å². The Bertz CT molecular complexity index is 1250. The van der Waals surface area contributed by atoms with Crippen molar-refractivity contribution in [2.24, 2.45) is 0 Å².